The van der Waals surface area contributed by atoms with E-state index < -0.39 is 0 Å². The molecule has 0 aromatic heterocycles. The van der Waals surface area contributed by atoms with Gasteiger partial charge in [-0.1, -0.05) is 6.07 Å². The van der Waals surface area contributed by atoms with Crippen LogP contribution in [-0.4, -0.2) is 11.7 Å². The number of hydrogen-bond donors (Lipinski definition) is 2. The number of carbonyl (C=O) groups is 1. The Morgan fingerprint density at radius 2 is 2.31 bits per heavy atom. The van der Waals surface area contributed by atoms with Crippen LogP contribution in [0.4, 0.5) is 10.1 Å². The van der Waals surface area contributed by atoms with Gasteiger partial charge in [0.2, 0.25) is 5.91 Å². The highest BCUT2D eigenvalue weighted by molar-refractivity contribution is 7.81. The van der Waals surface area contributed by atoms with Crippen LogP contribution in [0.25, 0.3) is 0 Å². The lowest BCUT2D eigenvalue weighted by atomic mass is 10.2. The number of halogens is 1. The molecule has 70 valence electrons. The van der Waals surface area contributed by atoms with E-state index >= 15 is 0 Å². The Morgan fingerprint density at radius 3 is 2.85 bits per heavy atom. The number of amides is 1. The van der Waals surface area contributed by atoms with Gasteiger partial charge in [-0.25, -0.2) is 4.39 Å². The number of hydrogen-bond acceptors (Lipinski definition) is 2. The van der Waals surface area contributed by atoms with Gasteiger partial charge in [0, 0.05) is 5.69 Å². The average Bonchev–Trinajstić information content (AvgIpc) is 2.11. The van der Waals surface area contributed by atoms with Gasteiger partial charge in [-0.05, 0) is 24.6 Å². The van der Waals surface area contributed by atoms with E-state index in [0.717, 1.165) is 0 Å². The minimum absolute atomic E-state index is 0.0928. The molecule has 0 unspecified atom stereocenters. The van der Waals surface area contributed by atoms with Crippen LogP contribution >= 0.6 is 12.6 Å². The first-order chi connectivity index (χ1) is 6.13. The molecule has 2 nitrogen and oxygen atoms in total. The molecule has 0 fully saturated rings. The minimum atomic E-state index is -0.322. The van der Waals surface area contributed by atoms with E-state index in [1.165, 1.54) is 6.07 Å². The van der Waals surface area contributed by atoms with E-state index in [4.69, 9.17) is 0 Å². The fraction of sp³-hybridized carbons (Fsp3) is 0.222. The molecule has 1 aromatic rings. The van der Waals surface area contributed by atoms with Gasteiger partial charge in [0.1, 0.15) is 5.82 Å². The molecule has 1 aromatic carbocycles. The van der Waals surface area contributed by atoms with Crippen molar-refractivity contribution in [1.29, 1.82) is 0 Å². The first-order valence-corrected chi connectivity index (χ1v) is 4.43. The molecule has 0 aliphatic heterocycles. The monoisotopic (exact) mass is 199 g/mol. The van der Waals surface area contributed by atoms with Crippen LogP contribution in [0.1, 0.15) is 5.56 Å². The van der Waals surface area contributed by atoms with Crippen molar-refractivity contribution >= 4 is 24.2 Å². The molecular weight excluding hydrogens is 189 g/mol. The maximum absolute atomic E-state index is 13.0. The van der Waals surface area contributed by atoms with Gasteiger partial charge in [0.15, 0.2) is 0 Å². The molecule has 0 radical (unpaired) electrons. The molecule has 0 bridgehead atoms. The number of aryl methyl sites for hydroxylation is 1. The molecule has 13 heavy (non-hydrogen) atoms. The minimum Gasteiger partial charge on any atom is -0.325 e. The maximum atomic E-state index is 13.0. The molecule has 0 heterocycles. The van der Waals surface area contributed by atoms with E-state index in [1.54, 1.807) is 19.1 Å². The van der Waals surface area contributed by atoms with Gasteiger partial charge < -0.3 is 5.32 Å². The van der Waals surface area contributed by atoms with Crippen LogP contribution in [0.15, 0.2) is 18.2 Å². The van der Waals surface area contributed by atoms with E-state index in [9.17, 15) is 9.18 Å². The second-order valence-corrected chi connectivity index (χ2v) is 2.99. The Labute approximate surface area is 81.6 Å². The summed E-state index contributed by atoms with van der Waals surface area (Å²) in [5.74, 6) is -0.473. The highest BCUT2D eigenvalue weighted by Gasteiger charge is 2.01. The quantitative estimate of drug-likeness (QED) is 0.701. The number of nitrogens with one attached hydrogen (secondary N) is 1. The standard InChI is InChI=1S/C9H10FNOS/c1-6-2-3-7(4-8(6)10)11-9(12)5-13/h2-4,13H,5H2,1H3,(H,11,12). The smallest absolute Gasteiger partial charge is 0.234 e. The van der Waals surface area contributed by atoms with Crippen LogP contribution in [-0.2, 0) is 4.79 Å². The number of thiol groups is 1. The summed E-state index contributed by atoms with van der Waals surface area (Å²) in [5.41, 5.74) is 1.02. The molecule has 0 saturated heterocycles. The third kappa shape index (κ3) is 2.73. The van der Waals surface area contributed by atoms with Crippen LogP contribution in [0.5, 0.6) is 0 Å². The van der Waals surface area contributed by atoms with Crippen molar-refractivity contribution in [2.75, 3.05) is 11.1 Å². The van der Waals surface area contributed by atoms with Crippen molar-refractivity contribution in [3.05, 3.63) is 29.6 Å². The van der Waals surface area contributed by atoms with Crippen molar-refractivity contribution in [2.24, 2.45) is 0 Å². The van der Waals surface area contributed by atoms with Crippen LogP contribution in [0, 0.1) is 12.7 Å². The Hall–Kier alpha value is -1.03. The molecule has 1 N–H and O–H groups in total. The maximum Gasteiger partial charge on any atom is 0.234 e. The zero-order chi connectivity index (χ0) is 9.84. The second kappa shape index (κ2) is 4.28. The lowest BCUT2D eigenvalue weighted by molar-refractivity contribution is -0.113. The summed E-state index contributed by atoms with van der Waals surface area (Å²) in [5, 5.41) is 2.50. The lowest BCUT2D eigenvalue weighted by Gasteiger charge is -2.03. The number of benzene rings is 1. The summed E-state index contributed by atoms with van der Waals surface area (Å²) in [6.45, 7) is 1.67. The highest BCUT2D eigenvalue weighted by atomic mass is 32.1. The van der Waals surface area contributed by atoms with Crippen molar-refractivity contribution in [2.45, 2.75) is 6.92 Å². The topological polar surface area (TPSA) is 29.1 Å². The summed E-state index contributed by atoms with van der Waals surface area (Å²) in [7, 11) is 0. The Kier molecular flexibility index (Phi) is 3.31. The van der Waals surface area contributed by atoms with Gasteiger partial charge in [-0.2, -0.15) is 12.6 Å². The van der Waals surface area contributed by atoms with Crippen molar-refractivity contribution < 1.29 is 9.18 Å². The average molecular weight is 199 g/mol. The number of anilines is 1. The third-order valence-electron chi connectivity index (χ3n) is 1.60. The van der Waals surface area contributed by atoms with Crippen LogP contribution in [0.2, 0.25) is 0 Å². The van der Waals surface area contributed by atoms with Crippen molar-refractivity contribution in [1.82, 2.24) is 0 Å². The first kappa shape index (κ1) is 10.1. The van der Waals surface area contributed by atoms with Crippen LogP contribution < -0.4 is 5.32 Å². The predicted molar refractivity (Wildman–Crippen MR) is 53.6 cm³/mol. The van der Waals surface area contributed by atoms with Gasteiger partial charge >= 0.3 is 0 Å². The highest BCUT2D eigenvalue weighted by Crippen LogP contribution is 2.13. The Balaban J connectivity index is 2.79. The van der Waals surface area contributed by atoms with E-state index in [1.807, 2.05) is 0 Å². The fourth-order valence-corrected chi connectivity index (χ4v) is 0.950. The lowest BCUT2D eigenvalue weighted by Crippen LogP contribution is -2.12. The molecule has 0 saturated carbocycles. The molecule has 1 rings (SSSR count). The van der Waals surface area contributed by atoms with Gasteiger partial charge in [0.05, 0.1) is 5.75 Å². The van der Waals surface area contributed by atoms with Crippen LogP contribution in [0.3, 0.4) is 0 Å². The summed E-state index contributed by atoms with van der Waals surface area (Å²) in [6.07, 6.45) is 0. The fourth-order valence-electron chi connectivity index (χ4n) is 0.871. The summed E-state index contributed by atoms with van der Waals surface area (Å²) >= 11 is 3.79. The summed E-state index contributed by atoms with van der Waals surface area (Å²) in [4.78, 5) is 10.9. The first-order valence-electron chi connectivity index (χ1n) is 3.80. The third-order valence-corrected chi connectivity index (χ3v) is 1.89. The summed E-state index contributed by atoms with van der Waals surface area (Å²) in [6, 6.07) is 4.56. The molecule has 0 aliphatic carbocycles. The van der Waals surface area contributed by atoms with Crippen molar-refractivity contribution in [3.8, 4) is 0 Å². The Morgan fingerprint density at radius 1 is 1.62 bits per heavy atom. The summed E-state index contributed by atoms with van der Waals surface area (Å²) < 4.78 is 13.0. The molecule has 0 atom stereocenters. The molecule has 4 heteroatoms. The zero-order valence-electron chi connectivity index (χ0n) is 7.17. The van der Waals surface area contributed by atoms with Gasteiger partial charge in [-0.15, -0.1) is 0 Å². The molecular formula is C9H10FNOS. The SMILES string of the molecule is Cc1ccc(NC(=O)CS)cc1F. The number of rotatable bonds is 2. The van der Waals surface area contributed by atoms with E-state index in [2.05, 4.69) is 17.9 Å². The van der Waals surface area contributed by atoms with E-state index in [-0.39, 0.29) is 17.5 Å². The van der Waals surface area contributed by atoms with Gasteiger partial charge in [0.25, 0.3) is 0 Å². The predicted octanol–water partition coefficient (Wildman–Crippen LogP) is 2.00. The van der Waals surface area contributed by atoms with E-state index in [0.29, 0.717) is 11.3 Å². The normalized spacial score (nSPS) is 9.77. The zero-order valence-corrected chi connectivity index (χ0v) is 8.07. The van der Waals surface area contributed by atoms with Gasteiger partial charge in [-0.3, -0.25) is 4.79 Å². The molecule has 1 amide bonds. The second-order valence-electron chi connectivity index (χ2n) is 2.67. The number of carbonyl (C=O) groups excluding carboxylic acids is 1. The molecule has 0 aliphatic rings. The largest absolute Gasteiger partial charge is 0.325 e. The molecule has 0 spiro atoms. The van der Waals surface area contributed by atoms with Crippen molar-refractivity contribution in [3.63, 3.8) is 0 Å². The Bertz CT molecular complexity index is 327.